The van der Waals surface area contributed by atoms with Crippen LogP contribution in [0.2, 0.25) is 0 Å². The highest BCUT2D eigenvalue weighted by molar-refractivity contribution is 7.90. The van der Waals surface area contributed by atoms with Crippen molar-refractivity contribution in [2.75, 3.05) is 6.26 Å². The van der Waals surface area contributed by atoms with E-state index in [4.69, 9.17) is 5.73 Å². The summed E-state index contributed by atoms with van der Waals surface area (Å²) in [4.78, 5) is 12.0. The molecule has 1 heterocycles. The van der Waals surface area contributed by atoms with E-state index >= 15 is 0 Å². The lowest BCUT2D eigenvalue weighted by atomic mass is 9.98. The second-order valence-corrected chi connectivity index (χ2v) is 8.91. The molecule has 2 aromatic carbocycles. The zero-order valence-electron chi connectivity index (χ0n) is 16.0. The largest absolute Gasteiger partial charge is 0.508 e. The number of nitrogens with two attached hydrogens (primary N) is 1. The summed E-state index contributed by atoms with van der Waals surface area (Å²) in [7, 11) is -3.40. The van der Waals surface area contributed by atoms with Gasteiger partial charge in [-0.05, 0) is 41.8 Å². The molecule has 29 heavy (non-hydrogen) atoms. The number of hydrogen-bond acceptors (Lipinski definition) is 7. The first kappa shape index (κ1) is 20.3. The van der Waals surface area contributed by atoms with E-state index in [1.807, 2.05) is 13.8 Å². The minimum atomic E-state index is -3.40. The van der Waals surface area contributed by atoms with Crippen molar-refractivity contribution in [3.05, 3.63) is 47.8 Å². The van der Waals surface area contributed by atoms with Crippen LogP contribution in [0.5, 0.6) is 11.5 Å². The van der Waals surface area contributed by atoms with Crippen molar-refractivity contribution < 1.29 is 23.4 Å². The third-order valence-electron chi connectivity index (χ3n) is 4.41. The molecule has 9 nitrogen and oxygen atoms in total. The van der Waals surface area contributed by atoms with Gasteiger partial charge in [-0.15, -0.1) is 10.2 Å². The molecule has 0 bridgehead atoms. The standard InChI is InChI=1S/C19H20N4O5S/c1-10(2)13-8-14(16(25)9-15(13)24)18-21-22-19(17(20)26)23(18)11-4-6-12(7-5-11)29(3,27)28/h4-10,24-25H,1-3H3,(H2,20,26). The molecule has 0 saturated heterocycles. The van der Waals surface area contributed by atoms with Crippen molar-refractivity contribution in [2.24, 2.45) is 5.73 Å². The van der Waals surface area contributed by atoms with Crippen LogP contribution in [0, 0.1) is 0 Å². The van der Waals surface area contributed by atoms with Crippen LogP contribution in [0.25, 0.3) is 17.1 Å². The molecule has 152 valence electrons. The van der Waals surface area contributed by atoms with Crippen molar-refractivity contribution in [1.82, 2.24) is 14.8 Å². The molecule has 0 saturated carbocycles. The van der Waals surface area contributed by atoms with Crippen molar-refractivity contribution in [3.63, 3.8) is 0 Å². The lowest BCUT2D eigenvalue weighted by molar-refractivity contribution is 0.0988. The van der Waals surface area contributed by atoms with Crippen LogP contribution in [0.15, 0.2) is 41.3 Å². The number of aromatic hydroxyl groups is 2. The third kappa shape index (κ3) is 3.79. The van der Waals surface area contributed by atoms with Crippen LogP contribution >= 0.6 is 0 Å². The van der Waals surface area contributed by atoms with E-state index in [1.165, 1.54) is 34.9 Å². The molecule has 0 radical (unpaired) electrons. The van der Waals surface area contributed by atoms with Gasteiger partial charge < -0.3 is 15.9 Å². The Morgan fingerprint density at radius 1 is 1.07 bits per heavy atom. The van der Waals surface area contributed by atoms with Crippen LogP contribution in [0.1, 0.15) is 35.9 Å². The Hall–Kier alpha value is -3.40. The Morgan fingerprint density at radius 3 is 2.21 bits per heavy atom. The minimum absolute atomic E-state index is 0.0459. The van der Waals surface area contributed by atoms with Crippen molar-refractivity contribution in [1.29, 1.82) is 0 Å². The Balaban J connectivity index is 2.26. The van der Waals surface area contributed by atoms with Gasteiger partial charge in [0.25, 0.3) is 5.91 Å². The summed E-state index contributed by atoms with van der Waals surface area (Å²) in [5.74, 6) is -1.30. The van der Waals surface area contributed by atoms with E-state index in [1.54, 1.807) is 6.07 Å². The molecule has 1 aromatic heterocycles. The molecule has 1 amide bonds. The Kier molecular flexibility index (Phi) is 5.05. The molecule has 3 aromatic rings. The molecular weight excluding hydrogens is 396 g/mol. The van der Waals surface area contributed by atoms with Gasteiger partial charge in [0.1, 0.15) is 11.5 Å². The average molecular weight is 416 g/mol. The fraction of sp³-hybridized carbons (Fsp3) is 0.211. The first-order chi connectivity index (χ1) is 13.5. The van der Waals surface area contributed by atoms with Crippen LogP contribution < -0.4 is 5.73 Å². The molecule has 3 rings (SSSR count). The predicted molar refractivity (Wildman–Crippen MR) is 106 cm³/mol. The van der Waals surface area contributed by atoms with Crippen molar-refractivity contribution >= 4 is 15.7 Å². The van der Waals surface area contributed by atoms with Gasteiger partial charge in [0.2, 0.25) is 5.82 Å². The van der Waals surface area contributed by atoms with Gasteiger partial charge in [-0.25, -0.2) is 8.42 Å². The van der Waals surface area contributed by atoms with Crippen LogP contribution in [0.4, 0.5) is 0 Å². The highest BCUT2D eigenvalue weighted by Gasteiger charge is 2.23. The summed E-state index contributed by atoms with van der Waals surface area (Å²) in [5, 5.41) is 28.3. The molecular formula is C19H20N4O5S. The van der Waals surface area contributed by atoms with Gasteiger partial charge in [-0.3, -0.25) is 9.36 Å². The fourth-order valence-electron chi connectivity index (χ4n) is 2.94. The number of benzene rings is 2. The highest BCUT2D eigenvalue weighted by atomic mass is 32.2. The summed E-state index contributed by atoms with van der Waals surface area (Å²) in [6, 6.07) is 8.49. The minimum Gasteiger partial charge on any atom is -0.508 e. The van der Waals surface area contributed by atoms with Gasteiger partial charge in [0.05, 0.1) is 10.5 Å². The molecule has 0 aliphatic carbocycles. The number of hydrogen-bond donors (Lipinski definition) is 3. The zero-order chi connectivity index (χ0) is 21.5. The summed E-state index contributed by atoms with van der Waals surface area (Å²) < 4.78 is 24.7. The predicted octanol–water partition coefficient (Wildman–Crippen LogP) is 1.97. The molecule has 4 N–H and O–H groups in total. The van der Waals surface area contributed by atoms with E-state index in [9.17, 15) is 23.4 Å². The number of aromatic nitrogens is 3. The van der Waals surface area contributed by atoms with Crippen LogP contribution in [-0.4, -0.2) is 45.6 Å². The Morgan fingerprint density at radius 2 is 1.69 bits per heavy atom. The fourth-order valence-corrected chi connectivity index (χ4v) is 3.57. The van der Waals surface area contributed by atoms with Crippen LogP contribution in [-0.2, 0) is 9.84 Å². The number of carbonyl (C=O) groups excluding carboxylic acids is 1. The SMILES string of the molecule is CC(C)c1cc(-c2nnc(C(N)=O)n2-c2ccc(S(C)(=O)=O)cc2)c(O)cc1O. The molecule has 0 aliphatic rings. The number of amides is 1. The number of carbonyl (C=O) groups is 1. The lowest BCUT2D eigenvalue weighted by Gasteiger charge is -2.14. The Bertz CT molecular complexity index is 1200. The van der Waals surface area contributed by atoms with E-state index in [0.717, 1.165) is 6.26 Å². The maximum absolute atomic E-state index is 11.9. The molecule has 0 spiro atoms. The first-order valence-electron chi connectivity index (χ1n) is 8.62. The molecule has 0 fully saturated rings. The smallest absolute Gasteiger partial charge is 0.287 e. The average Bonchev–Trinajstić information content (AvgIpc) is 3.06. The zero-order valence-corrected chi connectivity index (χ0v) is 16.8. The molecule has 0 atom stereocenters. The molecule has 0 aliphatic heterocycles. The third-order valence-corrected chi connectivity index (χ3v) is 5.54. The topological polar surface area (TPSA) is 148 Å². The van der Waals surface area contributed by atoms with Gasteiger partial charge in [-0.1, -0.05) is 13.8 Å². The maximum Gasteiger partial charge on any atom is 0.287 e. The van der Waals surface area contributed by atoms with E-state index in [-0.39, 0.29) is 39.5 Å². The van der Waals surface area contributed by atoms with E-state index in [0.29, 0.717) is 11.3 Å². The second-order valence-electron chi connectivity index (χ2n) is 6.90. The maximum atomic E-state index is 11.9. The number of nitrogens with zero attached hydrogens (tertiary/aromatic N) is 3. The number of primary amides is 1. The van der Waals surface area contributed by atoms with E-state index < -0.39 is 15.7 Å². The van der Waals surface area contributed by atoms with Crippen molar-refractivity contribution in [3.8, 4) is 28.6 Å². The number of phenolic OH excluding ortho intramolecular Hbond substituents is 2. The normalized spacial score (nSPS) is 11.7. The second kappa shape index (κ2) is 7.21. The van der Waals surface area contributed by atoms with Gasteiger partial charge in [0, 0.05) is 18.0 Å². The summed E-state index contributed by atoms with van der Waals surface area (Å²) >= 11 is 0. The number of sulfone groups is 1. The van der Waals surface area contributed by atoms with Crippen LogP contribution in [0.3, 0.4) is 0 Å². The summed E-state index contributed by atoms with van der Waals surface area (Å²) in [6.45, 7) is 3.75. The quantitative estimate of drug-likeness (QED) is 0.576. The molecule has 0 unspecified atom stereocenters. The summed E-state index contributed by atoms with van der Waals surface area (Å²) in [6.07, 6.45) is 1.09. The number of rotatable bonds is 5. The van der Waals surface area contributed by atoms with E-state index in [2.05, 4.69) is 10.2 Å². The summed E-state index contributed by atoms with van der Waals surface area (Å²) in [5.41, 5.74) is 6.61. The van der Waals surface area contributed by atoms with Crippen molar-refractivity contribution in [2.45, 2.75) is 24.7 Å². The monoisotopic (exact) mass is 416 g/mol. The van der Waals surface area contributed by atoms with Gasteiger partial charge in [-0.2, -0.15) is 0 Å². The Labute approximate surface area is 167 Å². The first-order valence-corrected chi connectivity index (χ1v) is 10.5. The number of phenols is 2. The molecule has 10 heteroatoms. The van der Waals surface area contributed by atoms with Gasteiger partial charge >= 0.3 is 0 Å². The lowest BCUT2D eigenvalue weighted by Crippen LogP contribution is -2.18. The van der Waals surface area contributed by atoms with Gasteiger partial charge in [0.15, 0.2) is 15.7 Å². The highest BCUT2D eigenvalue weighted by Crippen LogP contribution is 2.38.